The number of imidazole rings is 1. The van der Waals surface area contributed by atoms with Crippen molar-refractivity contribution in [3.05, 3.63) is 88.3 Å². The van der Waals surface area contributed by atoms with Crippen LogP contribution in [0.4, 0.5) is 13.2 Å². The number of aryl methyl sites for hydroxylation is 1. The van der Waals surface area contributed by atoms with Crippen LogP contribution in [0.5, 0.6) is 17.2 Å². The van der Waals surface area contributed by atoms with E-state index in [1.54, 1.807) is 28.7 Å². The molecule has 0 fully saturated rings. The number of pyridine rings is 1. The average molecular weight is 534 g/mol. The van der Waals surface area contributed by atoms with E-state index in [1.807, 2.05) is 25.3 Å². The lowest BCUT2D eigenvalue weighted by Gasteiger charge is -2.11. The Morgan fingerprint density at radius 3 is 2.24 bits per heavy atom. The van der Waals surface area contributed by atoms with E-state index in [9.17, 15) is 18.0 Å². The molecule has 0 atom stereocenters. The van der Waals surface area contributed by atoms with Crippen molar-refractivity contribution in [1.82, 2.24) is 14.7 Å². The van der Waals surface area contributed by atoms with Gasteiger partial charge >= 0.3 is 6.36 Å². The molecule has 0 bridgehead atoms. The Bertz CT molecular complexity index is 1300. The summed E-state index contributed by atoms with van der Waals surface area (Å²) in [5, 5.41) is 2.92. The summed E-state index contributed by atoms with van der Waals surface area (Å²) < 4.78 is 48.9. The number of ether oxygens (including phenoxy) is 2. The molecule has 1 amide bonds. The fourth-order valence-electron chi connectivity index (χ4n) is 3.34. The van der Waals surface area contributed by atoms with E-state index in [0.29, 0.717) is 41.5 Å². The van der Waals surface area contributed by atoms with Crippen molar-refractivity contribution < 1.29 is 27.4 Å². The van der Waals surface area contributed by atoms with Gasteiger partial charge < -0.3 is 14.8 Å². The van der Waals surface area contributed by atoms with Crippen LogP contribution in [0.25, 0.3) is 5.65 Å². The molecule has 0 saturated carbocycles. The van der Waals surface area contributed by atoms with Gasteiger partial charge in [0.1, 0.15) is 28.6 Å². The number of carbonyl (C=O) groups excluding carboxylic acids is 1. The third kappa shape index (κ3) is 5.69. The maximum absolute atomic E-state index is 12.9. The topological polar surface area (TPSA) is 64.9 Å². The molecular formula is C24H19BrF3N3O3. The highest BCUT2D eigenvalue weighted by Gasteiger charge is 2.31. The van der Waals surface area contributed by atoms with Gasteiger partial charge in [-0.1, -0.05) is 19.1 Å². The quantitative estimate of drug-likeness (QED) is 0.303. The molecule has 6 nitrogen and oxygen atoms in total. The Morgan fingerprint density at radius 1 is 1.00 bits per heavy atom. The number of benzene rings is 2. The largest absolute Gasteiger partial charge is 0.573 e. The first kappa shape index (κ1) is 23.6. The van der Waals surface area contributed by atoms with Crippen LogP contribution in [0.3, 0.4) is 0 Å². The average Bonchev–Trinajstić information content (AvgIpc) is 3.16. The van der Waals surface area contributed by atoms with E-state index in [0.717, 1.165) is 10.0 Å². The van der Waals surface area contributed by atoms with Crippen LogP contribution in [-0.4, -0.2) is 21.7 Å². The van der Waals surface area contributed by atoms with E-state index >= 15 is 0 Å². The van der Waals surface area contributed by atoms with Crippen LogP contribution in [0.2, 0.25) is 0 Å². The van der Waals surface area contributed by atoms with Gasteiger partial charge in [0.05, 0.1) is 5.69 Å². The Morgan fingerprint density at radius 2 is 1.62 bits per heavy atom. The van der Waals surface area contributed by atoms with E-state index in [4.69, 9.17) is 4.74 Å². The monoisotopic (exact) mass is 533 g/mol. The summed E-state index contributed by atoms with van der Waals surface area (Å²) in [4.78, 5) is 17.4. The normalized spacial score (nSPS) is 11.4. The van der Waals surface area contributed by atoms with Gasteiger partial charge in [0.15, 0.2) is 0 Å². The third-order valence-electron chi connectivity index (χ3n) is 4.87. The number of nitrogens with one attached hydrogen (secondary N) is 1. The van der Waals surface area contributed by atoms with Crippen molar-refractivity contribution in [2.45, 2.75) is 26.3 Å². The van der Waals surface area contributed by atoms with Gasteiger partial charge in [-0.2, -0.15) is 0 Å². The highest BCUT2D eigenvalue weighted by molar-refractivity contribution is 9.10. The Balaban J connectivity index is 1.38. The number of amides is 1. The molecule has 4 rings (SSSR count). The summed E-state index contributed by atoms with van der Waals surface area (Å²) >= 11 is 3.42. The second kappa shape index (κ2) is 9.76. The van der Waals surface area contributed by atoms with Gasteiger partial charge in [0, 0.05) is 17.2 Å². The van der Waals surface area contributed by atoms with E-state index in [-0.39, 0.29) is 11.7 Å². The van der Waals surface area contributed by atoms with Crippen LogP contribution in [0, 0.1) is 0 Å². The molecule has 0 unspecified atom stereocenters. The lowest BCUT2D eigenvalue weighted by atomic mass is 10.2. The first-order valence-corrected chi connectivity index (χ1v) is 11.1. The van der Waals surface area contributed by atoms with Gasteiger partial charge in [-0.15, -0.1) is 13.2 Å². The summed E-state index contributed by atoms with van der Waals surface area (Å²) in [6, 6.07) is 15.9. The Kier molecular flexibility index (Phi) is 6.78. The fourth-order valence-corrected chi connectivity index (χ4v) is 3.68. The van der Waals surface area contributed by atoms with Gasteiger partial charge in [0.25, 0.3) is 5.91 Å². The number of hydrogen-bond acceptors (Lipinski definition) is 4. The number of fused-ring (bicyclic) bond motifs is 1. The molecule has 4 aromatic rings. The molecule has 0 aliphatic rings. The lowest BCUT2D eigenvalue weighted by Crippen LogP contribution is -2.25. The van der Waals surface area contributed by atoms with Crippen molar-refractivity contribution in [3.63, 3.8) is 0 Å². The zero-order chi connectivity index (χ0) is 24.3. The predicted molar refractivity (Wildman–Crippen MR) is 123 cm³/mol. The highest BCUT2D eigenvalue weighted by atomic mass is 79.9. The maximum Gasteiger partial charge on any atom is 0.573 e. The molecule has 0 radical (unpaired) electrons. The summed E-state index contributed by atoms with van der Waals surface area (Å²) in [6.45, 7) is 2.25. The Hall–Kier alpha value is -3.53. The third-order valence-corrected chi connectivity index (χ3v) is 5.34. The molecule has 2 heterocycles. The molecule has 1 N–H and O–H groups in total. The van der Waals surface area contributed by atoms with Crippen LogP contribution in [-0.2, 0) is 13.0 Å². The number of aromatic nitrogens is 2. The first-order valence-electron chi connectivity index (χ1n) is 10.3. The Labute approximate surface area is 201 Å². The van der Waals surface area contributed by atoms with Crippen LogP contribution in [0.15, 0.2) is 71.3 Å². The fraction of sp³-hybridized carbons (Fsp3) is 0.167. The first-order chi connectivity index (χ1) is 16.2. The molecule has 34 heavy (non-hydrogen) atoms. The summed E-state index contributed by atoms with van der Waals surface area (Å²) in [6.07, 6.45) is -2.31. The summed E-state index contributed by atoms with van der Waals surface area (Å²) in [5.41, 5.74) is 2.76. The smallest absolute Gasteiger partial charge is 0.457 e. The van der Waals surface area contributed by atoms with Gasteiger partial charge in [-0.3, -0.25) is 9.20 Å². The van der Waals surface area contributed by atoms with E-state index < -0.39 is 6.36 Å². The maximum atomic E-state index is 12.9. The highest BCUT2D eigenvalue weighted by Crippen LogP contribution is 2.27. The molecule has 0 spiro atoms. The standard InChI is InChI=1S/C24H19BrF3N3O3/c1-2-20-22(31-14-16(25)5-12-21(31)30-20)23(32)29-13-15-3-6-17(7-4-15)33-18-8-10-19(11-9-18)34-24(26,27)28/h3-12,14H,2,13H2,1H3,(H,29,32). The van der Waals surface area contributed by atoms with E-state index in [1.165, 1.54) is 24.3 Å². The minimum atomic E-state index is -4.74. The van der Waals surface area contributed by atoms with Crippen LogP contribution in [0.1, 0.15) is 28.7 Å². The number of hydrogen-bond donors (Lipinski definition) is 1. The van der Waals surface area contributed by atoms with Crippen LogP contribution < -0.4 is 14.8 Å². The summed E-state index contributed by atoms with van der Waals surface area (Å²) in [7, 11) is 0. The number of carbonyl (C=O) groups is 1. The second-order valence-electron chi connectivity index (χ2n) is 7.28. The number of rotatable bonds is 7. The molecule has 2 aromatic heterocycles. The molecular weight excluding hydrogens is 515 g/mol. The molecule has 0 aliphatic carbocycles. The van der Waals surface area contributed by atoms with E-state index in [2.05, 4.69) is 31.0 Å². The van der Waals surface area contributed by atoms with Gasteiger partial charge in [-0.25, -0.2) is 4.98 Å². The lowest BCUT2D eigenvalue weighted by molar-refractivity contribution is -0.274. The number of halogens is 4. The molecule has 0 aliphatic heterocycles. The molecule has 176 valence electrons. The zero-order valence-electron chi connectivity index (χ0n) is 17.9. The SMILES string of the molecule is CCc1nc2ccc(Br)cn2c1C(=O)NCc1ccc(Oc2ccc(OC(F)(F)F)cc2)cc1. The van der Waals surface area contributed by atoms with Crippen molar-refractivity contribution in [2.24, 2.45) is 0 Å². The summed E-state index contributed by atoms with van der Waals surface area (Å²) in [5.74, 6) is 0.306. The van der Waals surface area contributed by atoms with Gasteiger partial charge in [-0.05, 0) is 76.4 Å². The van der Waals surface area contributed by atoms with Gasteiger partial charge in [0.2, 0.25) is 0 Å². The predicted octanol–water partition coefficient (Wildman–Crippen LogP) is 6.28. The number of alkyl halides is 3. The molecule has 0 saturated heterocycles. The van der Waals surface area contributed by atoms with Crippen molar-refractivity contribution in [2.75, 3.05) is 0 Å². The van der Waals surface area contributed by atoms with Crippen molar-refractivity contribution in [1.29, 1.82) is 0 Å². The molecule has 10 heteroatoms. The second-order valence-corrected chi connectivity index (χ2v) is 8.20. The van der Waals surface area contributed by atoms with Crippen molar-refractivity contribution in [3.8, 4) is 17.2 Å². The zero-order valence-corrected chi connectivity index (χ0v) is 19.5. The van der Waals surface area contributed by atoms with Crippen LogP contribution >= 0.6 is 15.9 Å². The minimum absolute atomic E-state index is 0.232. The van der Waals surface area contributed by atoms with Crippen molar-refractivity contribution >= 4 is 27.5 Å². The molecule has 2 aromatic carbocycles. The minimum Gasteiger partial charge on any atom is -0.457 e. The number of nitrogens with zero attached hydrogens (tertiary/aromatic N) is 2.